The van der Waals surface area contributed by atoms with Crippen LogP contribution in [0.15, 0.2) is 35.7 Å². The highest BCUT2D eigenvalue weighted by molar-refractivity contribution is 7.09. The van der Waals surface area contributed by atoms with Gasteiger partial charge in [-0.15, -0.1) is 11.3 Å². The van der Waals surface area contributed by atoms with E-state index in [1.165, 1.54) is 0 Å². The van der Waals surface area contributed by atoms with Gasteiger partial charge in [0.05, 0.1) is 27.3 Å². The van der Waals surface area contributed by atoms with Gasteiger partial charge in [-0.3, -0.25) is 9.59 Å². The minimum Gasteiger partial charge on any atom is -0.493 e. The van der Waals surface area contributed by atoms with Crippen molar-refractivity contribution in [2.24, 2.45) is 0 Å². The fourth-order valence-corrected chi connectivity index (χ4v) is 4.64. The molecule has 0 fully saturated rings. The Morgan fingerprint density at radius 1 is 0.917 bits per heavy atom. The number of carbonyl (C=O) groups is 2. The first-order valence-corrected chi connectivity index (χ1v) is 13.8. The summed E-state index contributed by atoms with van der Waals surface area (Å²) in [6.45, 7) is 7.00. The van der Waals surface area contributed by atoms with Gasteiger partial charge in [0.15, 0.2) is 11.5 Å². The quantitative estimate of drug-likeness (QED) is 0.255. The molecular formula is C28H42N2O5S. The van der Waals surface area contributed by atoms with E-state index in [1.807, 2.05) is 47.5 Å². The molecule has 200 valence electrons. The number of hydrogen-bond acceptors (Lipinski definition) is 6. The molecule has 8 heteroatoms. The van der Waals surface area contributed by atoms with Gasteiger partial charge in [0, 0.05) is 37.6 Å². The van der Waals surface area contributed by atoms with Crippen LogP contribution in [-0.2, 0) is 27.3 Å². The van der Waals surface area contributed by atoms with Crippen LogP contribution in [0.1, 0.15) is 56.4 Å². The summed E-state index contributed by atoms with van der Waals surface area (Å²) in [7, 11) is 3.23. The third kappa shape index (κ3) is 10.2. The number of methoxy groups -OCH3 is 2. The Hall–Kier alpha value is -2.58. The van der Waals surface area contributed by atoms with Crippen LogP contribution in [0.2, 0.25) is 0 Å². The SMILES string of the molecule is CCCCCC(=O)N(CCCOCC)CC(=O)N(CCc1ccc(OC)c(OC)c1)Cc1cccs1. The van der Waals surface area contributed by atoms with Gasteiger partial charge in [0.25, 0.3) is 0 Å². The lowest BCUT2D eigenvalue weighted by molar-refractivity contribution is -0.141. The van der Waals surface area contributed by atoms with Gasteiger partial charge in [-0.1, -0.05) is 31.9 Å². The Bertz CT molecular complexity index is 903. The van der Waals surface area contributed by atoms with Crippen LogP contribution in [0, 0.1) is 0 Å². The molecule has 0 saturated carbocycles. The summed E-state index contributed by atoms with van der Waals surface area (Å²) in [5, 5.41) is 2.02. The Morgan fingerprint density at radius 2 is 1.72 bits per heavy atom. The van der Waals surface area contributed by atoms with Gasteiger partial charge in [-0.05, 0) is 55.3 Å². The summed E-state index contributed by atoms with van der Waals surface area (Å²) in [6.07, 6.45) is 4.79. The molecule has 0 radical (unpaired) electrons. The fraction of sp³-hybridized carbons (Fsp3) is 0.571. The van der Waals surface area contributed by atoms with Crippen LogP contribution >= 0.6 is 11.3 Å². The molecule has 2 rings (SSSR count). The number of ether oxygens (including phenoxy) is 3. The molecule has 2 amide bonds. The third-order valence-corrected chi connectivity index (χ3v) is 6.85. The average Bonchev–Trinajstić information content (AvgIpc) is 3.41. The van der Waals surface area contributed by atoms with Gasteiger partial charge in [-0.25, -0.2) is 0 Å². The van der Waals surface area contributed by atoms with Crippen molar-refractivity contribution >= 4 is 23.2 Å². The number of amides is 2. The maximum absolute atomic E-state index is 13.5. The number of carbonyl (C=O) groups excluding carboxylic acids is 2. The standard InChI is InChI=1S/C28H42N2O5S/c1-5-7-8-12-27(31)29(16-10-18-35-6-2)22-28(32)30(21-24-11-9-19-36-24)17-15-23-13-14-25(33-3)26(20-23)34-4/h9,11,13-14,19-20H,5-8,10,12,15-18,21-22H2,1-4H3. The molecule has 0 N–H and O–H groups in total. The van der Waals surface area contributed by atoms with Crippen LogP contribution in [-0.4, -0.2) is 68.7 Å². The number of unbranched alkanes of at least 4 members (excludes halogenated alkanes) is 2. The number of hydrogen-bond donors (Lipinski definition) is 0. The van der Waals surface area contributed by atoms with Gasteiger partial charge in [-0.2, -0.15) is 0 Å². The van der Waals surface area contributed by atoms with Crippen molar-refractivity contribution in [2.75, 3.05) is 47.1 Å². The van der Waals surface area contributed by atoms with Crippen LogP contribution < -0.4 is 9.47 Å². The van der Waals surface area contributed by atoms with Gasteiger partial charge < -0.3 is 24.0 Å². The molecule has 1 heterocycles. The molecule has 0 unspecified atom stereocenters. The summed E-state index contributed by atoms with van der Waals surface area (Å²) in [4.78, 5) is 31.2. The highest BCUT2D eigenvalue weighted by Gasteiger charge is 2.22. The van der Waals surface area contributed by atoms with Crippen molar-refractivity contribution < 1.29 is 23.8 Å². The van der Waals surface area contributed by atoms with Gasteiger partial charge in [0.2, 0.25) is 11.8 Å². The van der Waals surface area contributed by atoms with Gasteiger partial charge >= 0.3 is 0 Å². The largest absolute Gasteiger partial charge is 0.493 e. The molecule has 0 aliphatic heterocycles. The zero-order chi connectivity index (χ0) is 26.2. The summed E-state index contributed by atoms with van der Waals surface area (Å²) < 4.78 is 16.2. The topological polar surface area (TPSA) is 68.3 Å². The fourth-order valence-electron chi connectivity index (χ4n) is 3.92. The minimum atomic E-state index is -0.0378. The molecule has 2 aromatic rings. The van der Waals surface area contributed by atoms with E-state index >= 15 is 0 Å². The maximum atomic E-state index is 13.5. The first kappa shape index (κ1) is 29.6. The average molecular weight is 519 g/mol. The van der Waals surface area contributed by atoms with E-state index in [0.717, 1.165) is 36.1 Å². The molecule has 0 aliphatic rings. The molecular weight excluding hydrogens is 476 g/mol. The van der Waals surface area contributed by atoms with Crippen LogP contribution in [0.25, 0.3) is 0 Å². The summed E-state index contributed by atoms with van der Waals surface area (Å²) >= 11 is 1.63. The van der Waals surface area contributed by atoms with E-state index in [4.69, 9.17) is 14.2 Å². The zero-order valence-electron chi connectivity index (χ0n) is 22.3. The van der Waals surface area contributed by atoms with Crippen molar-refractivity contribution in [3.05, 3.63) is 46.2 Å². The van der Waals surface area contributed by atoms with E-state index < -0.39 is 0 Å². The monoisotopic (exact) mass is 518 g/mol. The predicted molar refractivity (Wildman–Crippen MR) is 145 cm³/mol. The molecule has 0 atom stereocenters. The molecule has 7 nitrogen and oxygen atoms in total. The van der Waals surface area contributed by atoms with E-state index in [9.17, 15) is 9.59 Å². The van der Waals surface area contributed by atoms with Crippen molar-refractivity contribution in [3.8, 4) is 11.5 Å². The first-order chi connectivity index (χ1) is 17.5. The highest BCUT2D eigenvalue weighted by atomic mass is 32.1. The Morgan fingerprint density at radius 3 is 2.39 bits per heavy atom. The molecule has 0 spiro atoms. The predicted octanol–water partition coefficient (Wildman–Crippen LogP) is 5.17. The molecule has 1 aromatic carbocycles. The van der Waals surface area contributed by atoms with Crippen LogP contribution in [0.3, 0.4) is 0 Å². The van der Waals surface area contributed by atoms with Crippen molar-refractivity contribution in [3.63, 3.8) is 0 Å². The summed E-state index contributed by atoms with van der Waals surface area (Å²) in [5.41, 5.74) is 1.06. The molecule has 0 bridgehead atoms. The number of nitrogens with zero attached hydrogens (tertiary/aromatic N) is 2. The lowest BCUT2D eigenvalue weighted by Crippen LogP contribution is -2.43. The lowest BCUT2D eigenvalue weighted by Gasteiger charge is -2.28. The van der Waals surface area contributed by atoms with Crippen LogP contribution in [0.5, 0.6) is 11.5 Å². The second-order valence-corrected chi connectivity index (χ2v) is 9.69. The van der Waals surface area contributed by atoms with Gasteiger partial charge in [0.1, 0.15) is 0 Å². The molecule has 0 aliphatic carbocycles. The lowest BCUT2D eigenvalue weighted by atomic mass is 10.1. The molecule has 1 aromatic heterocycles. The third-order valence-electron chi connectivity index (χ3n) is 5.99. The van der Waals surface area contributed by atoms with Crippen molar-refractivity contribution in [1.82, 2.24) is 9.80 Å². The van der Waals surface area contributed by atoms with Crippen molar-refractivity contribution in [2.45, 2.75) is 58.9 Å². The number of thiophene rings is 1. The highest BCUT2D eigenvalue weighted by Crippen LogP contribution is 2.28. The van der Waals surface area contributed by atoms with E-state index in [-0.39, 0.29) is 18.4 Å². The Kier molecular flexibility index (Phi) is 14.0. The molecule has 36 heavy (non-hydrogen) atoms. The zero-order valence-corrected chi connectivity index (χ0v) is 23.1. The van der Waals surface area contributed by atoms with E-state index in [2.05, 4.69) is 6.92 Å². The van der Waals surface area contributed by atoms with E-state index in [1.54, 1.807) is 30.5 Å². The summed E-state index contributed by atoms with van der Waals surface area (Å²) in [5.74, 6) is 1.36. The second-order valence-electron chi connectivity index (χ2n) is 8.66. The second kappa shape index (κ2) is 17.0. The molecule has 0 saturated heterocycles. The first-order valence-electron chi connectivity index (χ1n) is 12.9. The number of rotatable bonds is 18. The normalized spacial score (nSPS) is 10.8. The number of benzene rings is 1. The smallest absolute Gasteiger partial charge is 0.242 e. The van der Waals surface area contributed by atoms with Crippen LogP contribution in [0.4, 0.5) is 0 Å². The van der Waals surface area contributed by atoms with E-state index in [0.29, 0.717) is 57.2 Å². The van der Waals surface area contributed by atoms with Crippen molar-refractivity contribution in [1.29, 1.82) is 0 Å². The maximum Gasteiger partial charge on any atom is 0.242 e. The Labute approximate surface area is 220 Å². The Balaban J connectivity index is 2.11. The summed E-state index contributed by atoms with van der Waals surface area (Å²) in [6, 6.07) is 9.86. The minimum absolute atomic E-state index is 0.0378.